The number of hydrogen-bond acceptors (Lipinski definition) is 7. The third kappa shape index (κ3) is 4.91. The molecule has 2 aromatic carbocycles. The van der Waals surface area contributed by atoms with Crippen molar-refractivity contribution in [3.63, 3.8) is 0 Å². The number of hydrogen-bond donors (Lipinski definition) is 0. The van der Waals surface area contributed by atoms with Gasteiger partial charge in [-0.25, -0.2) is 13.4 Å². The van der Waals surface area contributed by atoms with E-state index in [1.807, 2.05) is 12.1 Å². The summed E-state index contributed by atoms with van der Waals surface area (Å²) in [6.45, 7) is 3.87. The third-order valence-electron chi connectivity index (χ3n) is 5.09. The summed E-state index contributed by atoms with van der Waals surface area (Å²) in [5.41, 5.74) is 0.766. The van der Waals surface area contributed by atoms with Gasteiger partial charge in [0.15, 0.2) is 15.0 Å². The molecular formula is C21H22ClN3O4S2. The first-order valence-corrected chi connectivity index (χ1v) is 12.9. The van der Waals surface area contributed by atoms with Crippen LogP contribution in [0.1, 0.15) is 10.4 Å². The lowest BCUT2D eigenvalue weighted by atomic mass is 10.2. The van der Waals surface area contributed by atoms with Crippen LogP contribution in [0.4, 0.5) is 5.13 Å². The molecule has 1 fully saturated rings. The maximum absolute atomic E-state index is 13.6. The second-order valence-corrected chi connectivity index (χ2v) is 10.7. The van der Waals surface area contributed by atoms with Crippen LogP contribution in [0.15, 0.2) is 47.4 Å². The van der Waals surface area contributed by atoms with Crippen LogP contribution in [0.3, 0.4) is 0 Å². The smallest absolute Gasteiger partial charge is 0.261 e. The second kappa shape index (κ2) is 9.22. The van der Waals surface area contributed by atoms with Gasteiger partial charge in [0.25, 0.3) is 5.91 Å². The summed E-state index contributed by atoms with van der Waals surface area (Å²) in [6, 6.07) is 11.8. The molecule has 1 amide bonds. The maximum atomic E-state index is 13.6. The van der Waals surface area contributed by atoms with Gasteiger partial charge in [-0.05, 0) is 24.3 Å². The molecule has 2 heterocycles. The Balaban J connectivity index is 1.73. The minimum atomic E-state index is -3.57. The number of sulfone groups is 1. The highest BCUT2D eigenvalue weighted by molar-refractivity contribution is 7.90. The minimum Gasteiger partial charge on any atom is -0.379 e. The summed E-state index contributed by atoms with van der Waals surface area (Å²) in [4.78, 5) is 22.0. The monoisotopic (exact) mass is 479 g/mol. The molecule has 1 saturated heterocycles. The number of carbonyl (C=O) groups is 1. The van der Waals surface area contributed by atoms with Gasteiger partial charge in [-0.15, -0.1) is 0 Å². The largest absolute Gasteiger partial charge is 0.379 e. The Morgan fingerprint density at radius 3 is 2.65 bits per heavy atom. The lowest BCUT2D eigenvalue weighted by Gasteiger charge is -2.29. The Labute approximate surface area is 190 Å². The van der Waals surface area contributed by atoms with Gasteiger partial charge in [-0.3, -0.25) is 14.6 Å². The van der Waals surface area contributed by atoms with Crippen molar-refractivity contribution in [3.8, 4) is 0 Å². The van der Waals surface area contributed by atoms with E-state index in [2.05, 4.69) is 9.88 Å². The standard InChI is InChI=1S/C21H22ClN3O4S2/c1-31(27,28)18-8-3-2-5-15(18)20(26)25(10-9-24-11-13-29-14-12-24)21-23-19-16(22)6-4-7-17(19)30-21/h2-8H,9-14H2,1H3. The predicted octanol–water partition coefficient (Wildman–Crippen LogP) is 3.33. The molecule has 1 aliphatic heterocycles. The summed E-state index contributed by atoms with van der Waals surface area (Å²) in [7, 11) is -3.57. The van der Waals surface area contributed by atoms with E-state index in [-0.39, 0.29) is 10.5 Å². The number of para-hydroxylation sites is 1. The van der Waals surface area contributed by atoms with Gasteiger partial charge in [0.2, 0.25) is 0 Å². The fourth-order valence-corrected chi connectivity index (χ4v) is 5.65. The average molecular weight is 480 g/mol. The molecule has 164 valence electrons. The van der Waals surface area contributed by atoms with Gasteiger partial charge < -0.3 is 4.74 Å². The van der Waals surface area contributed by atoms with Crippen molar-refractivity contribution < 1.29 is 17.9 Å². The number of rotatable bonds is 6. The van der Waals surface area contributed by atoms with Crippen molar-refractivity contribution >= 4 is 54.0 Å². The molecule has 7 nitrogen and oxygen atoms in total. The fraction of sp³-hybridized carbons (Fsp3) is 0.333. The molecule has 0 bridgehead atoms. The molecule has 0 N–H and O–H groups in total. The number of halogens is 1. The van der Waals surface area contributed by atoms with E-state index in [4.69, 9.17) is 16.3 Å². The number of fused-ring (bicyclic) bond motifs is 1. The predicted molar refractivity (Wildman–Crippen MR) is 123 cm³/mol. The topological polar surface area (TPSA) is 79.8 Å². The molecule has 0 spiro atoms. The van der Waals surface area contributed by atoms with Gasteiger partial charge in [-0.2, -0.15) is 0 Å². The van der Waals surface area contributed by atoms with Gasteiger partial charge in [0, 0.05) is 32.4 Å². The Hall–Kier alpha value is -2.04. The van der Waals surface area contributed by atoms with Crippen molar-refractivity contribution in [2.45, 2.75) is 4.90 Å². The van der Waals surface area contributed by atoms with E-state index in [0.29, 0.717) is 42.0 Å². The Bertz CT molecular complexity index is 1210. The molecule has 1 aliphatic rings. The van der Waals surface area contributed by atoms with Crippen LogP contribution in [0, 0.1) is 0 Å². The summed E-state index contributed by atoms with van der Waals surface area (Å²) < 4.78 is 30.8. The van der Waals surface area contributed by atoms with Crippen LogP contribution in [0.5, 0.6) is 0 Å². The molecule has 4 rings (SSSR count). The van der Waals surface area contributed by atoms with Crippen molar-refractivity contribution in [1.29, 1.82) is 0 Å². The highest BCUT2D eigenvalue weighted by Gasteiger charge is 2.27. The zero-order valence-electron chi connectivity index (χ0n) is 17.0. The lowest BCUT2D eigenvalue weighted by Crippen LogP contribution is -2.43. The molecule has 31 heavy (non-hydrogen) atoms. The number of anilines is 1. The molecule has 1 aromatic heterocycles. The number of thiazole rings is 1. The Kier molecular flexibility index (Phi) is 6.59. The first kappa shape index (κ1) is 22.2. The summed E-state index contributed by atoms with van der Waals surface area (Å²) >= 11 is 7.65. The molecule has 3 aromatic rings. The van der Waals surface area contributed by atoms with Crippen molar-refractivity contribution in [1.82, 2.24) is 9.88 Å². The van der Waals surface area contributed by atoms with Gasteiger partial charge in [0.05, 0.1) is 33.4 Å². The first-order chi connectivity index (χ1) is 14.8. The van der Waals surface area contributed by atoms with Crippen LogP contribution in [0.25, 0.3) is 10.2 Å². The molecular weight excluding hydrogens is 458 g/mol. The summed E-state index contributed by atoms with van der Waals surface area (Å²) in [5.74, 6) is -0.399. The highest BCUT2D eigenvalue weighted by atomic mass is 35.5. The van der Waals surface area contributed by atoms with Crippen LogP contribution in [0.2, 0.25) is 5.02 Å². The van der Waals surface area contributed by atoms with E-state index in [1.165, 1.54) is 17.4 Å². The van der Waals surface area contributed by atoms with Gasteiger partial charge in [-0.1, -0.05) is 41.1 Å². The number of carbonyl (C=O) groups excluding carboxylic acids is 1. The van der Waals surface area contributed by atoms with Crippen LogP contribution >= 0.6 is 22.9 Å². The van der Waals surface area contributed by atoms with E-state index in [0.717, 1.165) is 24.0 Å². The molecule has 0 atom stereocenters. The number of amides is 1. The van der Waals surface area contributed by atoms with Gasteiger partial charge >= 0.3 is 0 Å². The lowest BCUT2D eigenvalue weighted by molar-refractivity contribution is 0.0391. The first-order valence-electron chi connectivity index (χ1n) is 9.81. The van der Waals surface area contributed by atoms with Crippen molar-refractivity contribution in [2.24, 2.45) is 0 Å². The van der Waals surface area contributed by atoms with Crippen molar-refractivity contribution in [2.75, 3.05) is 50.5 Å². The second-order valence-electron chi connectivity index (χ2n) is 7.26. The average Bonchev–Trinajstić information content (AvgIpc) is 3.19. The Morgan fingerprint density at radius 2 is 1.94 bits per heavy atom. The van der Waals surface area contributed by atoms with E-state index in [1.54, 1.807) is 29.2 Å². The third-order valence-corrected chi connectivity index (χ3v) is 7.60. The Morgan fingerprint density at radius 1 is 1.19 bits per heavy atom. The SMILES string of the molecule is CS(=O)(=O)c1ccccc1C(=O)N(CCN1CCOCC1)c1nc2c(Cl)cccc2s1. The van der Waals surface area contributed by atoms with Gasteiger partial charge in [0.1, 0.15) is 5.52 Å². The van der Waals surface area contributed by atoms with Crippen LogP contribution < -0.4 is 4.90 Å². The number of nitrogens with zero attached hydrogens (tertiary/aromatic N) is 3. The molecule has 0 radical (unpaired) electrons. The van der Waals surface area contributed by atoms with E-state index in [9.17, 15) is 13.2 Å². The number of ether oxygens (including phenoxy) is 1. The quantitative estimate of drug-likeness (QED) is 0.539. The zero-order chi connectivity index (χ0) is 22.0. The fourth-order valence-electron chi connectivity index (χ4n) is 3.48. The molecule has 10 heteroatoms. The van der Waals surface area contributed by atoms with Crippen molar-refractivity contribution in [3.05, 3.63) is 53.1 Å². The summed E-state index contributed by atoms with van der Waals surface area (Å²) in [5, 5.41) is 1.00. The highest BCUT2D eigenvalue weighted by Crippen LogP contribution is 2.34. The molecule has 0 aliphatic carbocycles. The van der Waals surface area contributed by atoms with Crippen LogP contribution in [-0.4, -0.2) is 69.9 Å². The number of morpholine rings is 1. The molecule has 0 saturated carbocycles. The number of benzene rings is 2. The van der Waals surface area contributed by atoms with Crippen LogP contribution in [-0.2, 0) is 14.6 Å². The summed E-state index contributed by atoms with van der Waals surface area (Å²) in [6.07, 6.45) is 1.11. The number of aromatic nitrogens is 1. The normalized spacial score (nSPS) is 15.3. The van der Waals surface area contributed by atoms with E-state index >= 15 is 0 Å². The van der Waals surface area contributed by atoms with E-state index < -0.39 is 15.7 Å². The minimum absolute atomic E-state index is 0.00974. The maximum Gasteiger partial charge on any atom is 0.261 e. The molecule has 0 unspecified atom stereocenters. The zero-order valence-corrected chi connectivity index (χ0v) is 19.3.